The average molecular weight is 350 g/mol. The highest BCUT2D eigenvalue weighted by Crippen LogP contribution is 2.12. The van der Waals surface area contributed by atoms with Gasteiger partial charge in [-0.15, -0.1) is 0 Å². The highest BCUT2D eigenvalue weighted by Gasteiger charge is 2.28. The summed E-state index contributed by atoms with van der Waals surface area (Å²) in [7, 11) is 0. The topological polar surface area (TPSA) is 78.7 Å². The van der Waals surface area contributed by atoms with Crippen LogP contribution < -0.4 is 11.1 Å². The first-order chi connectivity index (χ1) is 11.9. The van der Waals surface area contributed by atoms with Crippen molar-refractivity contribution in [1.29, 1.82) is 0 Å². The third-order valence-electron chi connectivity index (χ3n) is 4.72. The van der Waals surface area contributed by atoms with Crippen LogP contribution in [0.5, 0.6) is 0 Å². The number of carbonyl (C=O) groups excluding carboxylic acids is 2. The Kier molecular flexibility index (Phi) is 6.90. The fraction of sp³-hybridized carbons (Fsp3) is 0.556. The van der Waals surface area contributed by atoms with Gasteiger partial charge >= 0.3 is 0 Å². The van der Waals surface area contributed by atoms with Crippen LogP contribution in [0.15, 0.2) is 24.3 Å². The van der Waals surface area contributed by atoms with Crippen LogP contribution in [-0.4, -0.2) is 60.4 Å². The molecule has 0 saturated carbocycles. The molecule has 138 valence electrons. The van der Waals surface area contributed by atoms with Gasteiger partial charge in [-0.05, 0) is 30.2 Å². The maximum Gasteiger partial charge on any atom is 0.239 e. The number of nitrogens with two attached hydrogens (primary N) is 1. The van der Waals surface area contributed by atoms with Crippen molar-refractivity contribution in [1.82, 2.24) is 9.80 Å². The number of hydrogen-bond donors (Lipinski definition) is 2. The van der Waals surface area contributed by atoms with Gasteiger partial charge in [-0.1, -0.05) is 20.3 Å². The predicted octanol–water partition coefficient (Wildman–Crippen LogP) is 1.28. The molecule has 1 heterocycles. The summed E-state index contributed by atoms with van der Waals surface area (Å²) in [4.78, 5) is 28.2. The Balaban J connectivity index is 1.77. The van der Waals surface area contributed by atoms with Gasteiger partial charge in [0.15, 0.2) is 0 Å². The first-order valence-corrected chi connectivity index (χ1v) is 8.72. The SMILES string of the molecule is CCC(C)C(N)C(=O)N1CCN(CC(=O)Nc2ccc(F)cc2)CC1. The summed E-state index contributed by atoms with van der Waals surface area (Å²) in [5.41, 5.74) is 6.59. The molecule has 3 N–H and O–H groups in total. The number of hydrogen-bond acceptors (Lipinski definition) is 4. The van der Waals surface area contributed by atoms with Gasteiger partial charge in [0.1, 0.15) is 5.82 Å². The molecule has 1 aliphatic heterocycles. The molecule has 0 radical (unpaired) electrons. The molecule has 25 heavy (non-hydrogen) atoms. The van der Waals surface area contributed by atoms with Crippen molar-refractivity contribution < 1.29 is 14.0 Å². The van der Waals surface area contributed by atoms with Gasteiger partial charge in [-0.25, -0.2) is 4.39 Å². The lowest BCUT2D eigenvalue weighted by Crippen LogP contribution is -2.55. The van der Waals surface area contributed by atoms with Gasteiger partial charge in [-0.2, -0.15) is 0 Å². The van der Waals surface area contributed by atoms with Crippen LogP contribution in [0.4, 0.5) is 10.1 Å². The summed E-state index contributed by atoms with van der Waals surface area (Å²) < 4.78 is 12.9. The van der Waals surface area contributed by atoms with Crippen molar-refractivity contribution in [3.05, 3.63) is 30.1 Å². The summed E-state index contributed by atoms with van der Waals surface area (Å²) in [6, 6.07) is 5.21. The molecular weight excluding hydrogens is 323 g/mol. The number of rotatable bonds is 6. The summed E-state index contributed by atoms with van der Waals surface area (Å²) in [5.74, 6) is -0.339. The average Bonchev–Trinajstić information content (AvgIpc) is 2.62. The van der Waals surface area contributed by atoms with Crippen molar-refractivity contribution in [2.75, 3.05) is 38.0 Å². The van der Waals surface area contributed by atoms with Crippen LogP contribution in [0.25, 0.3) is 0 Å². The lowest BCUT2D eigenvalue weighted by Gasteiger charge is -2.36. The van der Waals surface area contributed by atoms with Crippen molar-refractivity contribution in [2.45, 2.75) is 26.3 Å². The van der Waals surface area contributed by atoms with Crippen LogP contribution in [0.3, 0.4) is 0 Å². The number of benzene rings is 1. The van der Waals surface area contributed by atoms with Gasteiger partial charge in [0.2, 0.25) is 11.8 Å². The Morgan fingerprint density at radius 1 is 1.20 bits per heavy atom. The molecule has 2 unspecified atom stereocenters. The van der Waals surface area contributed by atoms with Gasteiger partial charge in [-0.3, -0.25) is 14.5 Å². The van der Waals surface area contributed by atoms with E-state index in [9.17, 15) is 14.0 Å². The highest BCUT2D eigenvalue weighted by molar-refractivity contribution is 5.92. The molecular formula is C18H27FN4O2. The molecule has 1 aromatic rings. The number of carbonyl (C=O) groups is 2. The second-order valence-electron chi connectivity index (χ2n) is 6.57. The minimum absolute atomic E-state index is 0.00948. The Labute approximate surface area is 148 Å². The molecule has 0 aromatic heterocycles. The van der Waals surface area contributed by atoms with E-state index in [-0.39, 0.29) is 30.1 Å². The Morgan fingerprint density at radius 3 is 2.36 bits per heavy atom. The zero-order valence-corrected chi connectivity index (χ0v) is 14.9. The minimum atomic E-state index is -0.460. The van der Waals surface area contributed by atoms with E-state index in [0.717, 1.165) is 6.42 Å². The Bertz CT molecular complexity index is 585. The third-order valence-corrected chi connectivity index (χ3v) is 4.72. The van der Waals surface area contributed by atoms with E-state index in [2.05, 4.69) is 5.32 Å². The van der Waals surface area contributed by atoms with E-state index < -0.39 is 6.04 Å². The molecule has 1 aromatic carbocycles. The number of nitrogens with zero attached hydrogens (tertiary/aromatic N) is 2. The van der Waals surface area contributed by atoms with Crippen LogP contribution in [0, 0.1) is 11.7 Å². The second kappa shape index (κ2) is 8.92. The predicted molar refractivity (Wildman–Crippen MR) is 95.5 cm³/mol. The number of amides is 2. The van der Waals surface area contributed by atoms with E-state index in [1.54, 1.807) is 4.90 Å². The molecule has 6 nitrogen and oxygen atoms in total. The van der Waals surface area contributed by atoms with E-state index in [4.69, 9.17) is 5.73 Å². The second-order valence-corrected chi connectivity index (χ2v) is 6.57. The largest absolute Gasteiger partial charge is 0.339 e. The van der Waals surface area contributed by atoms with Gasteiger partial charge in [0.05, 0.1) is 12.6 Å². The van der Waals surface area contributed by atoms with E-state index in [0.29, 0.717) is 31.9 Å². The van der Waals surface area contributed by atoms with Gasteiger partial charge in [0, 0.05) is 31.9 Å². The standard InChI is InChI=1S/C18H27FN4O2/c1-3-13(2)17(20)18(25)23-10-8-22(9-11-23)12-16(24)21-15-6-4-14(19)5-7-15/h4-7,13,17H,3,8-12,20H2,1-2H3,(H,21,24). The molecule has 0 spiro atoms. The first-order valence-electron chi connectivity index (χ1n) is 8.72. The van der Waals surface area contributed by atoms with Crippen molar-refractivity contribution in [2.24, 2.45) is 11.7 Å². The summed E-state index contributed by atoms with van der Waals surface area (Å²) in [6.07, 6.45) is 0.871. The highest BCUT2D eigenvalue weighted by atomic mass is 19.1. The lowest BCUT2D eigenvalue weighted by atomic mass is 9.98. The molecule has 2 rings (SSSR count). The van der Waals surface area contributed by atoms with Crippen molar-refractivity contribution in [3.8, 4) is 0 Å². The molecule has 7 heteroatoms. The van der Waals surface area contributed by atoms with Crippen LogP contribution >= 0.6 is 0 Å². The van der Waals surface area contributed by atoms with Crippen molar-refractivity contribution >= 4 is 17.5 Å². The molecule has 2 amide bonds. The fourth-order valence-corrected chi connectivity index (χ4v) is 2.77. The summed E-state index contributed by atoms with van der Waals surface area (Å²) >= 11 is 0. The van der Waals surface area contributed by atoms with E-state index in [1.165, 1.54) is 24.3 Å². The normalized spacial score (nSPS) is 17.8. The third kappa shape index (κ3) is 5.51. The number of piperazine rings is 1. The summed E-state index contributed by atoms with van der Waals surface area (Å²) in [6.45, 7) is 6.68. The number of halogens is 1. The molecule has 2 atom stereocenters. The zero-order valence-electron chi connectivity index (χ0n) is 14.9. The molecule has 0 aliphatic carbocycles. The monoisotopic (exact) mass is 350 g/mol. The zero-order chi connectivity index (χ0) is 18.4. The van der Waals surface area contributed by atoms with Crippen LogP contribution in [-0.2, 0) is 9.59 Å². The maximum absolute atomic E-state index is 12.9. The van der Waals surface area contributed by atoms with Gasteiger partial charge < -0.3 is 16.0 Å². The lowest BCUT2D eigenvalue weighted by molar-refractivity contribution is -0.135. The van der Waals surface area contributed by atoms with Crippen LogP contribution in [0.1, 0.15) is 20.3 Å². The summed E-state index contributed by atoms with van der Waals surface area (Å²) in [5, 5.41) is 2.74. The molecule has 1 saturated heterocycles. The van der Waals surface area contributed by atoms with Crippen LogP contribution in [0.2, 0.25) is 0 Å². The number of nitrogens with one attached hydrogen (secondary N) is 1. The molecule has 1 aliphatic rings. The first kappa shape index (κ1) is 19.3. The van der Waals surface area contributed by atoms with Gasteiger partial charge in [0.25, 0.3) is 0 Å². The Morgan fingerprint density at radius 2 is 1.80 bits per heavy atom. The Hall–Kier alpha value is -1.99. The quantitative estimate of drug-likeness (QED) is 0.810. The van der Waals surface area contributed by atoms with E-state index >= 15 is 0 Å². The fourth-order valence-electron chi connectivity index (χ4n) is 2.77. The van der Waals surface area contributed by atoms with E-state index in [1.807, 2.05) is 18.7 Å². The molecule has 0 bridgehead atoms. The van der Waals surface area contributed by atoms with Crippen molar-refractivity contribution in [3.63, 3.8) is 0 Å². The number of anilines is 1. The smallest absolute Gasteiger partial charge is 0.239 e. The minimum Gasteiger partial charge on any atom is -0.339 e. The molecule has 1 fully saturated rings. The maximum atomic E-state index is 12.9.